The summed E-state index contributed by atoms with van der Waals surface area (Å²) in [6, 6.07) is -0.323. The normalized spacial score (nSPS) is 38.0. The second-order valence-corrected chi connectivity index (χ2v) is 15.6. The zero-order valence-corrected chi connectivity index (χ0v) is 27.3. The maximum Gasteiger partial charge on any atom is 0.407 e. The minimum Gasteiger partial charge on any atom is -0.444 e. The lowest BCUT2D eigenvalue weighted by Gasteiger charge is -2.60. The molecule has 10 nitrogen and oxygen atoms in total. The first-order chi connectivity index (χ1) is 21.6. The molecule has 2 aliphatic carbocycles. The topological polar surface area (TPSA) is 94.7 Å². The van der Waals surface area contributed by atoms with Gasteiger partial charge in [0.15, 0.2) is 5.78 Å². The second-order valence-electron chi connectivity index (χ2n) is 15.6. The molecule has 0 aromatic heterocycles. The summed E-state index contributed by atoms with van der Waals surface area (Å²) >= 11 is 0. The number of alkyl halides is 1. The van der Waals surface area contributed by atoms with Gasteiger partial charge >= 0.3 is 6.09 Å². The summed E-state index contributed by atoms with van der Waals surface area (Å²) in [5.41, 5.74) is -0.347. The Balaban J connectivity index is 1.09. The Labute approximate surface area is 267 Å². The number of piperidine rings is 1. The SMILES string of the molecule is CC(C)(C)OC(=O)NC1CCN(C2C(F)CC3C(=O)C(C(=O)N4CCC(N5CCCC5)CC4)=CN4C5CCCCC5OC2C34)C1. The maximum atomic E-state index is 16.4. The number of amides is 2. The molecule has 0 aromatic rings. The van der Waals surface area contributed by atoms with Gasteiger partial charge in [0.2, 0.25) is 0 Å². The standard InChI is InChI=1S/C34H52FN5O5/c1-34(2,3)45-33(43)36-21-10-15-39(19-21)29-25(35)18-23-28-31(29)44-27-9-5-4-8-26(27)40(28)20-24(30(23)41)32(42)38-16-11-22(12-17-38)37-13-6-7-14-37/h20-23,25-29,31H,4-19H2,1-3H3,(H,36,43). The van der Waals surface area contributed by atoms with E-state index in [1.165, 1.54) is 12.8 Å². The number of morpholine rings is 1. The van der Waals surface area contributed by atoms with Gasteiger partial charge in [-0.25, -0.2) is 9.18 Å². The Morgan fingerprint density at radius 2 is 1.67 bits per heavy atom. The monoisotopic (exact) mass is 629 g/mol. The average Bonchev–Trinajstić information content (AvgIpc) is 3.70. The van der Waals surface area contributed by atoms with Gasteiger partial charge in [-0.3, -0.25) is 14.5 Å². The van der Waals surface area contributed by atoms with E-state index in [0.29, 0.717) is 38.6 Å². The Bertz CT molecular complexity index is 1180. The minimum atomic E-state index is -1.27. The third kappa shape index (κ3) is 6.13. The molecule has 7 rings (SSSR count). The smallest absolute Gasteiger partial charge is 0.407 e. The fraction of sp³-hybridized carbons (Fsp3) is 0.853. The quantitative estimate of drug-likeness (QED) is 0.474. The van der Waals surface area contributed by atoms with Crippen LogP contribution in [0.1, 0.15) is 85.0 Å². The number of alkyl carbamates (subject to hydrolysis) is 1. The number of ether oxygens (including phenoxy) is 2. The molecule has 1 N–H and O–H groups in total. The van der Waals surface area contributed by atoms with Crippen LogP contribution in [-0.2, 0) is 19.1 Å². The largest absolute Gasteiger partial charge is 0.444 e. The molecule has 5 heterocycles. The maximum absolute atomic E-state index is 16.4. The van der Waals surface area contributed by atoms with Gasteiger partial charge in [-0.2, -0.15) is 0 Å². The molecule has 45 heavy (non-hydrogen) atoms. The van der Waals surface area contributed by atoms with Crippen LogP contribution in [0.15, 0.2) is 11.8 Å². The van der Waals surface area contributed by atoms with E-state index in [1.807, 2.05) is 31.9 Å². The summed E-state index contributed by atoms with van der Waals surface area (Å²) in [6.07, 6.45) is 8.77. The summed E-state index contributed by atoms with van der Waals surface area (Å²) in [7, 11) is 0. The lowest BCUT2D eigenvalue weighted by molar-refractivity contribution is -0.210. The Morgan fingerprint density at radius 1 is 0.933 bits per heavy atom. The number of ketones is 1. The van der Waals surface area contributed by atoms with Crippen LogP contribution in [0, 0.1) is 5.92 Å². The first-order valence-electron chi connectivity index (χ1n) is 17.7. The highest BCUT2D eigenvalue weighted by molar-refractivity contribution is 6.20. The predicted molar refractivity (Wildman–Crippen MR) is 166 cm³/mol. The number of fused-ring (bicyclic) bond motifs is 2. The summed E-state index contributed by atoms with van der Waals surface area (Å²) in [6.45, 7) is 10.3. The molecule has 11 heteroatoms. The van der Waals surface area contributed by atoms with Gasteiger partial charge in [-0.1, -0.05) is 12.8 Å². The van der Waals surface area contributed by atoms with Crippen molar-refractivity contribution in [1.29, 1.82) is 0 Å². The fourth-order valence-electron chi connectivity index (χ4n) is 9.51. The van der Waals surface area contributed by atoms with Crippen LogP contribution in [-0.4, -0.2) is 131 Å². The van der Waals surface area contributed by atoms with Crippen molar-refractivity contribution in [1.82, 2.24) is 24.9 Å². The molecule has 6 fully saturated rings. The third-order valence-electron chi connectivity index (χ3n) is 11.5. The van der Waals surface area contributed by atoms with Gasteiger partial charge in [0.25, 0.3) is 5.91 Å². The highest BCUT2D eigenvalue weighted by Gasteiger charge is 2.60. The van der Waals surface area contributed by atoms with Crippen molar-refractivity contribution >= 4 is 17.8 Å². The predicted octanol–water partition coefficient (Wildman–Crippen LogP) is 3.25. The Kier molecular flexibility index (Phi) is 8.65. The highest BCUT2D eigenvalue weighted by Crippen LogP contribution is 2.47. The molecule has 0 radical (unpaired) electrons. The van der Waals surface area contributed by atoms with Crippen LogP contribution in [0.4, 0.5) is 9.18 Å². The molecular formula is C34H52FN5O5. The van der Waals surface area contributed by atoms with Gasteiger partial charge in [0.1, 0.15) is 11.8 Å². The van der Waals surface area contributed by atoms with Crippen molar-refractivity contribution in [3.05, 3.63) is 11.8 Å². The number of nitrogens with one attached hydrogen (secondary N) is 1. The van der Waals surface area contributed by atoms with Crippen LogP contribution in [0.3, 0.4) is 0 Å². The van der Waals surface area contributed by atoms with Crippen molar-refractivity contribution in [2.45, 2.75) is 139 Å². The lowest BCUT2D eigenvalue weighted by Crippen LogP contribution is -2.73. The van der Waals surface area contributed by atoms with Crippen molar-refractivity contribution in [2.75, 3.05) is 39.3 Å². The summed E-state index contributed by atoms with van der Waals surface area (Å²) < 4.78 is 28.7. The number of carbonyl (C=O) groups is 3. The van der Waals surface area contributed by atoms with E-state index in [2.05, 4.69) is 20.0 Å². The van der Waals surface area contributed by atoms with E-state index in [0.717, 1.165) is 51.6 Å². The van der Waals surface area contributed by atoms with Crippen LogP contribution >= 0.6 is 0 Å². The Morgan fingerprint density at radius 3 is 2.40 bits per heavy atom. The number of hydrogen-bond acceptors (Lipinski definition) is 8. The van der Waals surface area contributed by atoms with E-state index in [-0.39, 0.29) is 47.9 Å². The number of likely N-dealkylation sites (tertiary alicyclic amines) is 3. The molecule has 7 aliphatic rings. The van der Waals surface area contributed by atoms with Crippen molar-refractivity contribution < 1.29 is 28.2 Å². The fourth-order valence-corrected chi connectivity index (χ4v) is 9.51. The average molecular weight is 630 g/mol. The first-order valence-corrected chi connectivity index (χ1v) is 17.7. The van der Waals surface area contributed by atoms with Crippen molar-refractivity contribution in [3.8, 4) is 0 Å². The highest BCUT2D eigenvalue weighted by atomic mass is 19.1. The number of rotatable bonds is 4. The van der Waals surface area contributed by atoms with Gasteiger partial charge in [0.05, 0.1) is 35.9 Å². The summed E-state index contributed by atoms with van der Waals surface area (Å²) in [4.78, 5) is 49.4. The van der Waals surface area contributed by atoms with Gasteiger partial charge in [-0.05, 0) is 85.2 Å². The van der Waals surface area contributed by atoms with E-state index >= 15 is 4.39 Å². The zero-order valence-electron chi connectivity index (χ0n) is 27.3. The minimum absolute atomic E-state index is 0.0521. The van der Waals surface area contributed by atoms with Crippen molar-refractivity contribution in [3.63, 3.8) is 0 Å². The lowest BCUT2D eigenvalue weighted by atomic mass is 9.69. The first kappa shape index (κ1) is 31.4. The van der Waals surface area contributed by atoms with Gasteiger partial charge in [-0.15, -0.1) is 0 Å². The van der Waals surface area contributed by atoms with Crippen LogP contribution in [0.2, 0.25) is 0 Å². The zero-order chi connectivity index (χ0) is 31.5. The molecule has 8 atom stereocenters. The number of Topliss-reactive ketones (excluding diaryl/α,β-unsaturated/α-hetero) is 1. The number of hydrogen-bond donors (Lipinski definition) is 1. The van der Waals surface area contributed by atoms with Crippen LogP contribution in [0.5, 0.6) is 0 Å². The summed E-state index contributed by atoms with van der Waals surface area (Å²) in [5.74, 6) is -0.992. The van der Waals surface area contributed by atoms with Gasteiger partial charge in [0, 0.05) is 50.4 Å². The van der Waals surface area contributed by atoms with E-state index in [9.17, 15) is 14.4 Å². The number of carbonyl (C=O) groups excluding carboxylic acids is 3. The number of nitrogens with zero attached hydrogens (tertiary/aromatic N) is 4. The molecule has 4 saturated heterocycles. The van der Waals surface area contributed by atoms with E-state index < -0.39 is 35.9 Å². The van der Waals surface area contributed by atoms with Crippen molar-refractivity contribution in [2.24, 2.45) is 5.92 Å². The van der Waals surface area contributed by atoms with E-state index in [1.54, 1.807) is 0 Å². The van der Waals surface area contributed by atoms with Crippen LogP contribution in [0.25, 0.3) is 0 Å². The number of halogens is 1. The Hall–Kier alpha value is -2.24. The molecule has 8 unspecified atom stereocenters. The molecule has 0 bridgehead atoms. The molecule has 250 valence electrons. The molecular weight excluding hydrogens is 577 g/mol. The molecule has 2 amide bonds. The molecule has 0 spiro atoms. The third-order valence-corrected chi connectivity index (χ3v) is 11.5. The second kappa shape index (κ2) is 12.4. The molecule has 5 aliphatic heterocycles. The van der Waals surface area contributed by atoms with E-state index in [4.69, 9.17) is 9.47 Å². The van der Waals surface area contributed by atoms with Crippen LogP contribution < -0.4 is 5.32 Å². The summed E-state index contributed by atoms with van der Waals surface area (Å²) in [5, 5.41) is 2.97. The van der Waals surface area contributed by atoms with Gasteiger partial charge < -0.3 is 29.5 Å². The molecule has 0 aromatic carbocycles. The molecule has 2 saturated carbocycles.